The number of benzene rings is 1. The van der Waals surface area contributed by atoms with Crippen molar-refractivity contribution in [3.05, 3.63) is 35.5 Å². The minimum absolute atomic E-state index is 0.0194. The molecule has 0 heterocycles. The average Bonchev–Trinajstić information content (AvgIpc) is 2.19. The van der Waals surface area contributed by atoms with Crippen LogP contribution in [-0.2, 0) is 4.79 Å². The molecule has 1 aliphatic carbocycles. The summed E-state index contributed by atoms with van der Waals surface area (Å²) in [6.45, 7) is 6.08. The molecule has 96 valence electrons. The zero-order valence-electron chi connectivity index (χ0n) is 11.1. The van der Waals surface area contributed by atoms with Gasteiger partial charge in [-0.1, -0.05) is 19.9 Å². The predicted octanol–water partition coefficient (Wildman–Crippen LogP) is 3.39. The molecule has 0 saturated heterocycles. The molecule has 3 nitrogen and oxygen atoms in total. The molecule has 0 aromatic heterocycles. The van der Waals surface area contributed by atoms with Gasteiger partial charge in [0, 0.05) is 18.2 Å². The maximum Gasteiger partial charge on any atom is 0.157 e. The molecule has 0 aliphatic heterocycles. The van der Waals surface area contributed by atoms with Gasteiger partial charge in [0.05, 0.1) is 5.69 Å². The third-order valence-electron chi connectivity index (χ3n) is 3.11. The van der Waals surface area contributed by atoms with E-state index in [1.54, 1.807) is 12.1 Å². The van der Waals surface area contributed by atoms with Crippen LogP contribution in [0.2, 0.25) is 0 Å². The molecule has 0 saturated carbocycles. The predicted molar refractivity (Wildman–Crippen MR) is 72.6 cm³/mol. The Hall–Kier alpha value is -1.77. The van der Waals surface area contributed by atoms with E-state index in [4.69, 9.17) is 0 Å². The minimum atomic E-state index is -0.0194. The van der Waals surface area contributed by atoms with E-state index in [1.165, 1.54) is 0 Å². The fourth-order valence-electron chi connectivity index (χ4n) is 2.35. The smallest absolute Gasteiger partial charge is 0.157 e. The molecule has 0 radical (unpaired) electrons. The Morgan fingerprint density at radius 2 is 2.00 bits per heavy atom. The number of carbonyl (C=O) groups is 1. The first-order valence-electron chi connectivity index (χ1n) is 6.16. The summed E-state index contributed by atoms with van der Waals surface area (Å²) in [5.74, 6) is 0.354. The zero-order chi connectivity index (χ0) is 13.3. The number of allylic oxidation sites excluding steroid dienone is 2. The molecule has 0 amide bonds. The summed E-state index contributed by atoms with van der Waals surface area (Å²) < 4.78 is 0. The highest BCUT2D eigenvalue weighted by atomic mass is 16.3. The van der Waals surface area contributed by atoms with Gasteiger partial charge in [-0.05, 0) is 36.5 Å². The third kappa shape index (κ3) is 2.92. The average molecular weight is 245 g/mol. The fourth-order valence-corrected chi connectivity index (χ4v) is 2.35. The van der Waals surface area contributed by atoms with Crippen LogP contribution < -0.4 is 5.32 Å². The first-order chi connectivity index (χ1) is 8.35. The minimum Gasteiger partial charge on any atom is -0.506 e. The zero-order valence-corrected chi connectivity index (χ0v) is 11.1. The largest absolute Gasteiger partial charge is 0.506 e. The van der Waals surface area contributed by atoms with Crippen molar-refractivity contribution in [1.82, 2.24) is 0 Å². The van der Waals surface area contributed by atoms with E-state index < -0.39 is 0 Å². The Labute approximate surface area is 108 Å². The van der Waals surface area contributed by atoms with Gasteiger partial charge in [-0.3, -0.25) is 4.79 Å². The van der Waals surface area contributed by atoms with E-state index in [2.05, 4.69) is 19.2 Å². The monoisotopic (exact) mass is 245 g/mol. The Morgan fingerprint density at radius 3 is 2.61 bits per heavy atom. The number of phenolic OH excluding ortho intramolecular Hbond substituents is 1. The Balaban J connectivity index is 2.21. The quantitative estimate of drug-likeness (QED) is 0.785. The lowest BCUT2D eigenvalue weighted by Crippen LogP contribution is -2.24. The summed E-state index contributed by atoms with van der Waals surface area (Å²) in [6, 6.07) is 5.47. The number of aromatic hydroxyl groups is 1. The number of carbonyl (C=O) groups excluding carboxylic acids is 1. The summed E-state index contributed by atoms with van der Waals surface area (Å²) in [6.07, 6.45) is 3.04. The molecule has 0 fully saturated rings. The molecular weight excluding hydrogens is 226 g/mol. The molecule has 2 rings (SSSR count). The molecule has 2 N–H and O–H groups in total. The van der Waals surface area contributed by atoms with Crippen LogP contribution in [0.5, 0.6) is 5.75 Å². The molecule has 1 aromatic rings. The molecule has 0 bridgehead atoms. The van der Waals surface area contributed by atoms with Gasteiger partial charge >= 0.3 is 0 Å². The number of hydrogen-bond acceptors (Lipinski definition) is 3. The molecule has 0 atom stereocenters. The van der Waals surface area contributed by atoms with Gasteiger partial charge in [0.25, 0.3) is 0 Å². The maximum atomic E-state index is 11.6. The van der Waals surface area contributed by atoms with Crippen molar-refractivity contribution < 1.29 is 9.90 Å². The summed E-state index contributed by atoms with van der Waals surface area (Å²) >= 11 is 0. The molecule has 1 aromatic carbocycles. The number of nitrogens with one attached hydrogen (secondary N) is 1. The number of anilines is 1. The van der Waals surface area contributed by atoms with Crippen molar-refractivity contribution >= 4 is 11.5 Å². The van der Waals surface area contributed by atoms with Crippen LogP contribution in [-0.4, -0.2) is 10.9 Å². The summed E-state index contributed by atoms with van der Waals surface area (Å²) in [7, 11) is 0. The number of phenols is 1. The highest BCUT2D eigenvalue weighted by Crippen LogP contribution is 2.35. The first kappa shape index (κ1) is 12.7. The number of hydrogen-bond donors (Lipinski definition) is 2. The van der Waals surface area contributed by atoms with E-state index in [9.17, 15) is 9.90 Å². The van der Waals surface area contributed by atoms with Crippen molar-refractivity contribution in [2.24, 2.45) is 5.41 Å². The SMILES string of the molecule is Cc1ccc(NC2=CC(=O)CC(C)(C)C2)c(O)c1. The third-order valence-corrected chi connectivity index (χ3v) is 3.11. The van der Waals surface area contributed by atoms with Crippen molar-refractivity contribution in [2.45, 2.75) is 33.6 Å². The summed E-state index contributed by atoms with van der Waals surface area (Å²) in [5, 5.41) is 13.0. The van der Waals surface area contributed by atoms with Crippen molar-refractivity contribution in [1.29, 1.82) is 0 Å². The van der Waals surface area contributed by atoms with Gasteiger partial charge in [0.15, 0.2) is 5.78 Å². The normalized spacial score (nSPS) is 18.4. The number of ketones is 1. The van der Waals surface area contributed by atoms with Crippen LogP contribution in [0, 0.1) is 12.3 Å². The second kappa shape index (κ2) is 4.48. The lowest BCUT2D eigenvalue weighted by molar-refractivity contribution is -0.117. The summed E-state index contributed by atoms with van der Waals surface area (Å²) in [5.41, 5.74) is 2.51. The highest BCUT2D eigenvalue weighted by molar-refractivity contribution is 5.92. The molecule has 3 heteroatoms. The van der Waals surface area contributed by atoms with Gasteiger partial charge in [0.1, 0.15) is 5.75 Å². The molecule has 0 spiro atoms. The van der Waals surface area contributed by atoms with E-state index in [0.717, 1.165) is 17.7 Å². The van der Waals surface area contributed by atoms with E-state index in [1.807, 2.05) is 19.1 Å². The van der Waals surface area contributed by atoms with Gasteiger partial charge in [-0.2, -0.15) is 0 Å². The second-order valence-corrected chi connectivity index (χ2v) is 5.80. The van der Waals surface area contributed by atoms with Crippen molar-refractivity contribution in [2.75, 3.05) is 5.32 Å². The standard InChI is InChI=1S/C15H19NO2/c1-10-4-5-13(14(18)6-10)16-11-7-12(17)9-15(2,3)8-11/h4-7,16,18H,8-9H2,1-3H3. The van der Waals surface area contributed by atoms with Crippen LogP contribution in [0.4, 0.5) is 5.69 Å². The number of rotatable bonds is 2. The van der Waals surface area contributed by atoms with Crippen LogP contribution in [0.3, 0.4) is 0 Å². The highest BCUT2D eigenvalue weighted by Gasteiger charge is 2.27. The van der Waals surface area contributed by atoms with Gasteiger partial charge < -0.3 is 10.4 Å². The Kier molecular flexibility index (Phi) is 3.16. The van der Waals surface area contributed by atoms with Crippen molar-refractivity contribution in [3.63, 3.8) is 0 Å². The van der Waals surface area contributed by atoms with Gasteiger partial charge in [0.2, 0.25) is 0 Å². The Morgan fingerprint density at radius 1 is 1.28 bits per heavy atom. The topological polar surface area (TPSA) is 49.3 Å². The molecular formula is C15H19NO2. The van der Waals surface area contributed by atoms with Crippen LogP contribution >= 0.6 is 0 Å². The first-order valence-corrected chi connectivity index (χ1v) is 6.16. The lowest BCUT2D eigenvalue weighted by atomic mass is 9.79. The van der Waals surface area contributed by atoms with Crippen molar-refractivity contribution in [3.8, 4) is 5.75 Å². The van der Waals surface area contributed by atoms with E-state index in [-0.39, 0.29) is 16.9 Å². The molecule has 0 unspecified atom stereocenters. The number of aryl methyl sites for hydroxylation is 1. The van der Waals surface area contributed by atoms with Gasteiger partial charge in [-0.25, -0.2) is 0 Å². The fraction of sp³-hybridized carbons (Fsp3) is 0.400. The lowest BCUT2D eigenvalue weighted by Gasteiger charge is -2.29. The van der Waals surface area contributed by atoms with Gasteiger partial charge in [-0.15, -0.1) is 0 Å². The van der Waals surface area contributed by atoms with Crippen LogP contribution in [0.15, 0.2) is 30.0 Å². The van der Waals surface area contributed by atoms with E-state index in [0.29, 0.717) is 12.1 Å². The maximum absolute atomic E-state index is 11.6. The molecule has 1 aliphatic rings. The second-order valence-electron chi connectivity index (χ2n) is 5.80. The molecule has 18 heavy (non-hydrogen) atoms. The Bertz CT molecular complexity index is 515. The summed E-state index contributed by atoms with van der Waals surface area (Å²) in [4.78, 5) is 11.6. The van der Waals surface area contributed by atoms with Crippen LogP contribution in [0.25, 0.3) is 0 Å². The van der Waals surface area contributed by atoms with E-state index >= 15 is 0 Å². The van der Waals surface area contributed by atoms with Crippen LogP contribution in [0.1, 0.15) is 32.3 Å².